The molecule has 57 heavy (non-hydrogen) atoms. The molecule has 0 atom stereocenters. The number of fused-ring (bicyclic) bond motifs is 6. The topological polar surface area (TPSA) is 61.4 Å². The van der Waals surface area contributed by atoms with E-state index in [1.807, 2.05) is 49.3 Å². The molecule has 0 bridgehead atoms. The lowest BCUT2D eigenvalue weighted by Gasteiger charge is -2.14. The highest BCUT2D eigenvalue weighted by molar-refractivity contribution is 6.13. The number of hydrogen-bond acceptors (Lipinski definition) is 4. The maximum atomic E-state index is 5.15. The molecule has 0 amide bonds. The highest BCUT2D eigenvalue weighted by atomic mass is 15.0. The molecule has 11 rings (SSSR count). The van der Waals surface area contributed by atoms with Crippen LogP contribution >= 0.6 is 0 Å². The van der Waals surface area contributed by atoms with Gasteiger partial charge in [0.1, 0.15) is 0 Å². The number of rotatable bonds is 6. The average Bonchev–Trinajstić information content (AvgIpc) is 3.67. The van der Waals surface area contributed by atoms with Gasteiger partial charge in [-0.3, -0.25) is 19.9 Å². The minimum Gasteiger partial charge on any atom is -0.308 e. The van der Waals surface area contributed by atoms with Crippen LogP contribution in [0.5, 0.6) is 0 Å². The van der Waals surface area contributed by atoms with Crippen molar-refractivity contribution in [3.8, 4) is 33.8 Å². The van der Waals surface area contributed by atoms with Crippen LogP contribution < -0.4 is 0 Å². The predicted molar refractivity (Wildman–Crippen MR) is 233 cm³/mol. The van der Waals surface area contributed by atoms with E-state index in [1.165, 1.54) is 10.8 Å². The number of para-hydroxylation sites is 2. The third-order valence-corrected chi connectivity index (χ3v) is 11.1. The molecular weight excluding hydrogens is 697 g/mol. The van der Waals surface area contributed by atoms with Crippen LogP contribution in [-0.2, 0) is 0 Å². The molecule has 6 aromatic heterocycles. The Morgan fingerprint density at radius 3 is 1.67 bits per heavy atom. The molecule has 0 N–H and O–H groups in total. The van der Waals surface area contributed by atoms with Gasteiger partial charge >= 0.3 is 0 Å². The Bertz CT molecular complexity index is 3260. The minimum absolute atomic E-state index is 0.860. The van der Waals surface area contributed by atoms with Crippen LogP contribution in [0.4, 0.5) is 0 Å². The lowest BCUT2D eigenvalue weighted by molar-refractivity contribution is 1.12. The molecule has 268 valence electrons. The fourth-order valence-electron chi connectivity index (χ4n) is 8.50. The Morgan fingerprint density at radius 1 is 0.439 bits per heavy atom. The van der Waals surface area contributed by atoms with Crippen molar-refractivity contribution in [1.29, 1.82) is 0 Å². The van der Waals surface area contributed by atoms with E-state index in [-0.39, 0.29) is 0 Å². The SMILES string of the molecule is C1=CCC=C(c2ccncc2)C(c2cc3c4ccccc4n(-c4cccc(-n5c6ccccc6c6cc(-c7ccccc7-c7ccncc7)ncc65)c4)c3cn2)=C1. The first kappa shape index (κ1) is 32.7. The second-order valence-electron chi connectivity index (χ2n) is 14.3. The van der Waals surface area contributed by atoms with Crippen LogP contribution in [0.3, 0.4) is 0 Å². The summed E-state index contributed by atoms with van der Waals surface area (Å²) >= 11 is 0. The smallest absolute Gasteiger partial charge is 0.0724 e. The first-order valence-electron chi connectivity index (χ1n) is 19.2. The standard InChI is InChI=1S/C51H34N6/c1-2-13-38(34-21-25-52-26-22-34)40(15-3-1)46-30-44-42-17-6-8-19-48(42)56(50(44)32-54-46)36-11-10-12-37(29-36)57-49-20-9-7-18-43(49)45-31-47(55-33-51(45)57)41-16-5-4-14-39(41)35-23-27-53-28-24-35/h1,3-33H,2H2. The molecule has 10 aromatic rings. The van der Waals surface area contributed by atoms with E-state index in [0.29, 0.717) is 0 Å². The second kappa shape index (κ2) is 13.6. The van der Waals surface area contributed by atoms with E-state index in [4.69, 9.17) is 9.97 Å². The summed E-state index contributed by atoms with van der Waals surface area (Å²) in [4.78, 5) is 18.8. The lowest BCUT2D eigenvalue weighted by Crippen LogP contribution is -1.99. The summed E-state index contributed by atoms with van der Waals surface area (Å²) < 4.78 is 4.68. The highest BCUT2D eigenvalue weighted by Gasteiger charge is 2.20. The Balaban J connectivity index is 1.06. The Kier molecular flexibility index (Phi) is 7.78. The zero-order valence-corrected chi connectivity index (χ0v) is 30.9. The molecule has 4 aromatic carbocycles. The molecule has 0 saturated heterocycles. The molecular formula is C51H34N6. The van der Waals surface area contributed by atoms with E-state index < -0.39 is 0 Å². The zero-order valence-electron chi connectivity index (χ0n) is 30.9. The van der Waals surface area contributed by atoms with Gasteiger partial charge in [-0.2, -0.15) is 0 Å². The van der Waals surface area contributed by atoms with Crippen molar-refractivity contribution >= 4 is 54.8 Å². The quantitative estimate of drug-likeness (QED) is 0.171. The van der Waals surface area contributed by atoms with Gasteiger partial charge in [-0.25, -0.2) is 0 Å². The fraction of sp³-hybridized carbons (Fsp3) is 0.0196. The van der Waals surface area contributed by atoms with Crippen molar-refractivity contribution in [3.05, 3.63) is 206 Å². The van der Waals surface area contributed by atoms with Crippen LogP contribution in [0.2, 0.25) is 0 Å². The number of pyridine rings is 4. The van der Waals surface area contributed by atoms with Gasteiger partial charge in [-0.15, -0.1) is 0 Å². The molecule has 6 heterocycles. The van der Waals surface area contributed by atoms with Crippen molar-refractivity contribution in [2.24, 2.45) is 0 Å². The molecule has 6 nitrogen and oxygen atoms in total. The molecule has 0 fully saturated rings. The molecule has 0 spiro atoms. The van der Waals surface area contributed by atoms with E-state index in [2.05, 4.69) is 165 Å². The fourth-order valence-corrected chi connectivity index (χ4v) is 8.50. The van der Waals surface area contributed by atoms with Crippen molar-refractivity contribution < 1.29 is 0 Å². The number of allylic oxidation sites excluding steroid dienone is 6. The molecule has 0 aliphatic heterocycles. The molecule has 1 aliphatic carbocycles. The normalized spacial score (nSPS) is 13.0. The minimum atomic E-state index is 0.860. The summed E-state index contributed by atoms with van der Waals surface area (Å²) in [5.74, 6) is 0. The van der Waals surface area contributed by atoms with Gasteiger partial charge in [0, 0.05) is 68.8 Å². The van der Waals surface area contributed by atoms with Crippen molar-refractivity contribution in [3.63, 3.8) is 0 Å². The highest BCUT2D eigenvalue weighted by Crippen LogP contribution is 2.39. The van der Waals surface area contributed by atoms with Crippen LogP contribution in [0.25, 0.3) is 88.5 Å². The molecule has 6 heteroatoms. The number of hydrogen-bond donors (Lipinski definition) is 0. The Hall–Kier alpha value is -7.70. The largest absolute Gasteiger partial charge is 0.308 e. The summed E-state index contributed by atoms with van der Waals surface area (Å²) in [6.45, 7) is 0. The second-order valence-corrected chi connectivity index (χ2v) is 14.3. The van der Waals surface area contributed by atoms with Gasteiger partial charge in [-0.1, -0.05) is 91.0 Å². The van der Waals surface area contributed by atoms with Crippen molar-refractivity contribution in [2.75, 3.05) is 0 Å². The Morgan fingerprint density at radius 2 is 1.00 bits per heavy atom. The first-order valence-corrected chi connectivity index (χ1v) is 19.2. The van der Waals surface area contributed by atoms with Crippen molar-refractivity contribution in [2.45, 2.75) is 6.42 Å². The van der Waals surface area contributed by atoms with E-state index in [9.17, 15) is 0 Å². The molecule has 0 radical (unpaired) electrons. The van der Waals surface area contributed by atoms with E-state index in [1.54, 1.807) is 0 Å². The van der Waals surface area contributed by atoms with E-state index >= 15 is 0 Å². The summed E-state index contributed by atoms with van der Waals surface area (Å²) in [5, 5.41) is 4.67. The third-order valence-electron chi connectivity index (χ3n) is 11.1. The van der Waals surface area contributed by atoms with Crippen LogP contribution in [-0.4, -0.2) is 29.1 Å². The van der Waals surface area contributed by atoms with Crippen LogP contribution in [0.1, 0.15) is 17.7 Å². The van der Waals surface area contributed by atoms with Gasteiger partial charge in [0.2, 0.25) is 0 Å². The number of benzene rings is 4. The van der Waals surface area contributed by atoms with Crippen LogP contribution in [0, 0.1) is 0 Å². The molecule has 0 unspecified atom stereocenters. The molecule has 0 saturated carbocycles. The summed E-state index contributed by atoms with van der Waals surface area (Å²) in [6.07, 6.45) is 21.1. The lowest BCUT2D eigenvalue weighted by atomic mass is 9.95. The summed E-state index contributed by atoms with van der Waals surface area (Å²) in [5.41, 5.74) is 15.1. The van der Waals surface area contributed by atoms with E-state index in [0.717, 1.165) is 95.4 Å². The summed E-state index contributed by atoms with van der Waals surface area (Å²) in [6, 6.07) is 47.3. The maximum Gasteiger partial charge on any atom is 0.0724 e. The monoisotopic (exact) mass is 730 g/mol. The average molecular weight is 731 g/mol. The Labute approximate surface area is 329 Å². The van der Waals surface area contributed by atoms with Gasteiger partial charge in [-0.05, 0) is 95.4 Å². The predicted octanol–water partition coefficient (Wildman–Crippen LogP) is 12.2. The maximum absolute atomic E-state index is 5.15. The zero-order chi connectivity index (χ0) is 37.7. The van der Waals surface area contributed by atoms with Gasteiger partial charge < -0.3 is 9.13 Å². The first-order chi connectivity index (χ1) is 28.3. The molecule has 1 aliphatic rings. The number of nitrogens with zero attached hydrogens (tertiary/aromatic N) is 6. The number of aromatic nitrogens is 6. The van der Waals surface area contributed by atoms with Gasteiger partial charge in [0.15, 0.2) is 0 Å². The van der Waals surface area contributed by atoms with Gasteiger partial charge in [0.05, 0.1) is 45.8 Å². The third kappa shape index (κ3) is 5.49. The van der Waals surface area contributed by atoms with Crippen LogP contribution in [0.15, 0.2) is 195 Å². The van der Waals surface area contributed by atoms with Crippen molar-refractivity contribution in [1.82, 2.24) is 29.1 Å². The van der Waals surface area contributed by atoms with Gasteiger partial charge in [0.25, 0.3) is 0 Å². The summed E-state index contributed by atoms with van der Waals surface area (Å²) in [7, 11) is 0.